The topological polar surface area (TPSA) is 54.4 Å². The zero-order valence-electron chi connectivity index (χ0n) is 15.8. The number of hydrazone groups is 1. The van der Waals surface area contributed by atoms with Gasteiger partial charge in [0.2, 0.25) is 0 Å². The first-order valence-electron chi connectivity index (χ1n) is 8.79. The van der Waals surface area contributed by atoms with Crippen LogP contribution in [-0.2, 0) is 6.18 Å². The van der Waals surface area contributed by atoms with Crippen LogP contribution in [0, 0.1) is 13.8 Å². The third-order valence-electron chi connectivity index (χ3n) is 4.29. The van der Waals surface area contributed by atoms with E-state index < -0.39 is 23.2 Å². The van der Waals surface area contributed by atoms with Crippen molar-refractivity contribution in [3.05, 3.63) is 100 Å². The third kappa shape index (κ3) is 4.87. The molecule has 0 fully saturated rings. The van der Waals surface area contributed by atoms with E-state index in [1.165, 1.54) is 0 Å². The van der Waals surface area contributed by atoms with E-state index in [9.17, 15) is 18.0 Å². The Balaban J connectivity index is 1.98. The summed E-state index contributed by atoms with van der Waals surface area (Å²) in [5.74, 6) is -0.984. The number of alkyl halides is 3. The van der Waals surface area contributed by atoms with E-state index in [0.29, 0.717) is 5.71 Å². The summed E-state index contributed by atoms with van der Waals surface area (Å²) in [7, 11) is 0. The normalized spacial score (nSPS) is 11.1. The molecule has 0 atom stereocenters. The smallest absolute Gasteiger partial charge is 0.267 e. The number of pyridine rings is 1. The Morgan fingerprint density at radius 2 is 1.41 bits per heavy atom. The summed E-state index contributed by atoms with van der Waals surface area (Å²) < 4.78 is 39.5. The number of nitrogens with one attached hydrogen (secondary N) is 1. The molecule has 0 bridgehead atoms. The van der Waals surface area contributed by atoms with Gasteiger partial charge in [-0.3, -0.25) is 9.78 Å². The standard InChI is InChI=1S/C22H18F3N3O/c1-14-3-7-16(8-4-14)20(17-9-5-15(2)6-10-17)27-28-21(29)18-13-26-12-11-19(18)22(23,24)25/h3-13H,1-2H3,(H,28,29). The van der Waals surface area contributed by atoms with Gasteiger partial charge in [-0.25, -0.2) is 5.43 Å². The highest BCUT2D eigenvalue weighted by Crippen LogP contribution is 2.31. The van der Waals surface area contributed by atoms with Crippen LogP contribution in [0.1, 0.15) is 38.2 Å². The Morgan fingerprint density at radius 3 is 1.90 bits per heavy atom. The number of amides is 1. The van der Waals surface area contributed by atoms with Crippen molar-refractivity contribution in [3.63, 3.8) is 0 Å². The van der Waals surface area contributed by atoms with E-state index >= 15 is 0 Å². The summed E-state index contributed by atoms with van der Waals surface area (Å²) in [6.45, 7) is 3.88. The zero-order valence-corrected chi connectivity index (χ0v) is 15.8. The lowest BCUT2D eigenvalue weighted by Crippen LogP contribution is -2.24. The molecule has 2 aromatic carbocycles. The lowest BCUT2D eigenvalue weighted by molar-refractivity contribution is -0.138. The predicted molar refractivity (Wildman–Crippen MR) is 105 cm³/mol. The van der Waals surface area contributed by atoms with Gasteiger partial charge in [0.1, 0.15) is 0 Å². The molecule has 0 aliphatic carbocycles. The van der Waals surface area contributed by atoms with Gasteiger partial charge in [-0.15, -0.1) is 0 Å². The van der Waals surface area contributed by atoms with Crippen LogP contribution in [0.15, 0.2) is 72.1 Å². The van der Waals surface area contributed by atoms with Gasteiger partial charge >= 0.3 is 6.18 Å². The molecule has 148 valence electrons. The van der Waals surface area contributed by atoms with Crippen LogP contribution in [0.2, 0.25) is 0 Å². The van der Waals surface area contributed by atoms with Crippen LogP contribution in [0.25, 0.3) is 0 Å². The first-order chi connectivity index (χ1) is 13.8. The lowest BCUT2D eigenvalue weighted by atomic mass is 10.0. The Kier molecular flexibility index (Phi) is 5.77. The second kappa shape index (κ2) is 8.26. The van der Waals surface area contributed by atoms with E-state index in [0.717, 1.165) is 40.7 Å². The first-order valence-corrected chi connectivity index (χ1v) is 8.79. The molecule has 0 saturated carbocycles. The number of carbonyl (C=O) groups excluding carboxylic acids is 1. The Hall–Kier alpha value is -3.48. The molecule has 0 saturated heterocycles. The van der Waals surface area contributed by atoms with E-state index in [2.05, 4.69) is 15.5 Å². The summed E-state index contributed by atoms with van der Waals surface area (Å²) in [5, 5.41) is 4.15. The zero-order chi connectivity index (χ0) is 21.0. The van der Waals surface area contributed by atoms with Gasteiger partial charge < -0.3 is 0 Å². The second-order valence-corrected chi connectivity index (χ2v) is 6.55. The van der Waals surface area contributed by atoms with Crippen LogP contribution >= 0.6 is 0 Å². The Labute approximate surface area is 166 Å². The number of rotatable bonds is 4. The van der Waals surface area contributed by atoms with Crippen molar-refractivity contribution in [2.75, 3.05) is 0 Å². The number of nitrogens with zero attached hydrogens (tertiary/aromatic N) is 2. The summed E-state index contributed by atoms with van der Waals surface area (Å²) in [4.78, 5) is 16.1. The van der Waals surface area contributed by atoms with Crippen LogP contribution in [0.3, 0.4) is 0 Å². The Bertz CT molecular complexity index is 993. The number of halogens is 3. The van der Waals surface area contributed by atoms with Crippen molar-refractivity contribution >= 4 is 11.6 Å². The van der Waals surface area contributed by atoms with Crippen molar-refractivity contribution in [3.8, 4) is 0 Å². The number of benzene rings is 2. The molecule has 1 heterocycles. The molecule has 1 N–H and O–H groups in total. The quantitative estimate of drug-likeness (QED) is 0.503. The van der Waals surface area contributed by atoms with Gasteiger partial charge in [-0.2, -0.15) is 18.3 Å². The molecule has 0 spiro atoms. The van der Waals surface area contributed by atoms with Gasteiger partial charge in [0, 0.05) is 23.5 Å². The minimum absolute atomic E-state index is 0.441. The molecular formula is C22H18F3N3O. The van der Waals surface area contributed by atoms with Gasteiger partial charge in [-0.1, -0.05) is 59.7 Å². The van der Waals surface area contributed by atoms with Crippen LogP contribution in [-0.4, -0.2) is 16.6 Å². The lowest BCUT2D eigenvalue weighted by Gasteiger charge is -2.12. The van der Waals surface area contributed by atoms with Gasteiger partial charge in [0.15, 0.2) is 0 Å². The molecule has 4 nitrogen and oxygen atoms in total. The van der Waals surface area contributed by atoms with Crippen molar-refractivity contribution in [2.45, 2.75) is 20.0 Å². The highest BCUT2D eigenvalue weighted by Gasteiger charge is 2.35. The summed E-state index contributed by atoms with van der Waals surface area (Å²) in [6.07, 6.45) is -2.80. The maximum atomic E-state index is 13.2. The fourth-order valence-electron chi connectivity index (χ4n) is 2.71. The first kappa shape index (κ1) is 20.3. The fourth-order valence-corrected chi connectivity index (χ4v) is 2.71. The average Bonchev–Trinajstić information content (AvgIpc) is 2.70. The highest BCUT2D eigenvalue weighted by atomic mass is 19.4. The van der Waals surface area contributed by atoms with Crippen molar-refractivity contribution in [1.29, 1.82) is 0 Å². The molecule has 1 aromatic heterocycles. The maximum absolute atomic E-state index is 13.2. The third-order valence-corrected chi connectivity index (χ3v) is 4.29. The molecular weight excluding hydrogens is 379 g/mol. The van der Waals surface area contributed by atoms with E-state index in [1.807, 2.05) is 62.4 Å². The molecule has 0 unspecified atom stereocenters. The maximum Gasteiger partial charge on any atom is 0.417 e. The molecule has 29 heavy (non-hydrogen) atoms. The molecule has 0 radical (unpaired) electrons. The van der Waals surface area contributed by atoms with Crippen molar-refractivity contribution in [2.24, 2.45) is 5.10 Å². The van der Waals surface area contributed by atoms with Crippen molar-refractivity contribution < 1.29 is 18.0 Å². The molecule has 7 heteroatoms. The fraction of sp³-hybridized carbons (Fsp3) is 0.136. The number of hydrogen-bond donors (Lipinski definition) is 1. The SMILES string of the molecule is Cc1ccc(C(=NNC(=O)c2cnccc2C(F)(F)F)c2ccc(C)cc2)cc1. The molecule has 3 aromatic rings. The molecule has 1 amide bonds. The highest BCUT2D eigenvalue weighted by molar-refractivity contribution is 6.13. The van der Waals surface area contributed by atoms with Crippen LogP contribution < -0.4 is 5.43 Å². The Morgan fingerprint density at radius 1 is 0.897 bits per heavy atom. The monoisotopic (exact) mass is 397 g/mol. The largest absolute Gasteiger partial charge is 0.417 e. The minimum atomic E-state index is -4.67. The van der Waals surface area contributed by atoms with E-state index in [4.69, 9.17) is 0 Å². The number of aryl methyl sites for hydroxylation is 2. The second-order valence-electron chi connectivity index (χ2n) is 6.55. The average molecular weight is 397 g/mol. The van der Waals surface area contributed by atoms with E-state index in [-0.39, 0.29) is 0 Å². The molecule has 0 aliphatic rings. The number of carbonyl (C=O) groups is 1. The van der Waals surface area contributed by atoms with Crippen LogP contribution in [0.5, 0.6) is 0 Å². The minimum Gasteiger partial charge on any atom is -0.267 e. The predicted octanol–water partition coefficient (Wildman–Crippen LogP) is 4.90. The summed E-state index contributed by atoms with van der Waals surface area (Å²) >= 11 is 0. The van der Waals surface area contributed by atoms with Crippen LogP contribution in [0.4, 0.5) is 13.2 Å². The van der Waals surface area contributed by atoms with Gasteiger partial charge in [-0.05, 0) is 19.9 Å². The molecule has 3 rings (SSSR count). The molecule has 0 aliphatic heterocycles. The van der Waals surface area contributed by atoms with Crippen molar-refractivity contribution in [1.82, 2.24) is 10.4 Å². The summed E-state index contributed by atoms with van der Waals surface area (Å²) in [5.41, 5.74) is 4.58. The van der Waals surface area contributed by atoms with E-state index in [1.54, 1.807) is 0 Å². The van der Waals surface area contributed by atoms with Gasteiger partial charge in [0.05, 0.1) is 16.8 Å². The number of aromatic nitrogens is 1. The van der Waals surface area contributed by atoms with Gasteiger partial charge in [0.25, 0.3) is 5.91 Å². The number of hydrogen-bond acceptors (Lipinski definition) is 3. The summed E-state index contributed by atoms with van der Waals surface area (Å²) in [6, 6.07) is 15.7.